The first-order chi connectivity index (χ1) is 11.0. The molecule has 0 atom stereocenters. The van der Waals surface area contributed by atoms with Crippen LogP contribution < -0.4 is 15.9 Å². The van der Waals surface area contributed by atoms with E-state index in [0.717, 1.165) is 17.0 Å². The van der Waals surface area contributed by atoms with Crippen LogP contribution in [0.25, 0.3) is 16.6 Å². The summed E-state index contributed by atoms with van der Waals surface area (Å²) >= 11 is 0. The first kappa shape index (κ1) is 14.6. The molecule has 2 aromatic heterocycles. The number of ether oxygens (including phenoxy) is 1. The highest BCUT2D eigenvalue weighted by Crippen LogP contribution is 2.25. The molecule has 116 valence electrons. The van der Waals surface area contributed by atoms with Gasteiger partial charge in [0.1, 0.15) is 11.2 Å². The summed E-state index contributed by atoms with van der Waals surface area (Å²) in [6, 6.07) is 5.19. The summed E-state index contributed by atoms with van der Waals surface area (Å²) < 4.78 is 20.1. The quantitative estimate of drug-likeness (QED) is 0.565. The normalized spacial score (nSPS) is 10.7. The van der Waals surface area contributed by atoms with Crippen LogP contribution >= 0.6 is 0 Å². The van der Waals surface area contributed by atoms with Gasteiger partial charge in [-0.1, -0.05) is 6.07 Å². The van der Waals surface area contributed by atoms with Crippen molar-refractivity contribution in [2.45, 2.75) is 6.92 Å². The van der Waals surface area contributed by atoms with E-state index < -0.39 is 22.9 Å². The number of rotatable bonds is 2. The Labute approximate surface area is 128 Å². The lowest BCUT2D eigenvalue weighted by atomic mass is 10.2. The van der Waals surface area contributed by atoms with Crippen molar-refractivity contribution in [3.63, 3.8) is 0 Å². The Balaban J connectivity index is 2.34. The SMILES string of the molecule is CC(=O)Oc1cccc(F)c1-n1ccc2c(=O)[nH]cnc2c1=O. The molecule has 3 rings (SSSR count). The Hall–Kier alpha value is -3.29. The monoisotopic (exact) mass is 315 g/mol. The average Bonchev–Trinajstić information content (AvgIpc) is 2.49. The molecule has 8 heteroatoms. The molecule has 0 fully saturated rings. The first-order valence-corrected chi connectivity index (χ1v) is 6.55. The van der Waals surface area contributed by atoms with E-state index in [-0.39, 0.29) is 22.3 Å². The molecule has 0 aliphatic carbocycles. The molecule has 1 N–H and O–H groups in total. The average molecular weight is 315 g/mol. The Morgan fingerprint density at radius 2 is 2.09 bits per heavy atom. The summed E-state index contributed by atoms with van der Waals surface area (Å²) in [7, 11) is 0. The van der Waals surface area contributed by atoms with Gasteiger partial charge in [-0.05, 0) is 18.2 Å². The molecule has 0 saturated carbocycles. The number of aromatic amines is 1. The van der Waals surface area contributed by atoms with Crippen LogP contribution in [-0.2, 0) is 4.79 Å². The molecule has 2 heterocycles. The van der Waals surface area contributed by atoms with Crippen molar-refractivity contribution in [1.29, 1.82) is 0 Å². The van der Waals surface area contributed by atoms with Gasteiger partial charge in [-0.2, -0.15) is 0 Å². The van der Waals surface area contributed by atoms with Crippen molar-refractivity contribution >= 4 is 16.9 Å². The molecule has 0 bridgehead atoms. The van der Waals surface area contributed by atoms with Crippen molar-refractivity contribution in [1.82, 2.24) is 14.5 Å². The van der Waals surface area contributed by atoms with Crippen LogP contribution in [0.2, 0.25) is 0 Å². The number of carbonyl (C=O) groups excluding carboxylic acids is 1. The summed E-state index contributed by atoms with van der Waals surface area (Å²) in [6.45, 7) is 1.17. The number of fused-ring (bicyclic) bond motifs is 1. The highest BCUT2D eigenvalue weighted by atomic mass is 19.1. The Morgan fingerprint density at radius 3 is 2.83 bits per heavy atom. The third-order valence-electron chi connectivity index (χ3n) is 3.15. The summed E-state index contributed by atoms with van der Waals surface area (Å²) in [5.41, 5.74) is -1.52. The van der Waals surface area contributed by atoms with E-state index in [1.165, 1.54) is 31.3 Å². The van der Waals surface area contributed by atoms with E-state index in [1.54, 1.807) is 0 Å². The van der Waals surface area contributed by atoms with Gasteiger partial charge in [0.2, 0.25) is 0 Å². The predicted molar refractivity (Wildman–Crippen MR) is 79.2 cm³/mol. The molecule has 0 saturated heterocycles. The zero-order valence-corrected chi connectivity index (χ0v) is 11.9. The second kappa shape index (κ2) is 5.48. The number of hydrogen-bond donors (Lipinski definition) is 1. The lowest BCUT2D eigenvalue weighted by Crippen LogP contribution is -2.23. The molecule has 7 nitrogen and oxygen atoms in total. The van der Waals surface area contributed by atoms with Crippen LogP contribution in [0.5, 0.6) is 5.75 Å². The van der Waals surface area contributed by atoms with Crippen LogP contribution in [0.3, 0.4) is 0 Å². The molecular weight excluding hydrogens is 305 g/mol. The van der Waals surface area contributed by atoms with Crippen LogP contribution in [0, 0.1) is 5.82 Å². The van der Waals surface area contributed by atoms with Gasteiger partial charge >= 0.3 is 5.97 Å². The fraction of sp³-hybridized carbons (Fsp3) is 0.0667. The standard InChI is InChI=1S/C15H10FN3O4/c1-8(20)23-11-4-2-3-10(16)13(11)19-6-5-9-12(15(19)22)17-7-18-14(9)21/h2-7H,1H3,(H,17,18,21). The lowest BCUT2D eigenvalue weighted by molar-refractivity contribution is -0.131. The van der Waals surface area contributed by atoms with Gasteiger partial charge in [0.25, 0.3) is 11.1 Å². The Morgan fingerprint density at radius 1 is 1.30 bits per heavy atom. The summed E-state index contributed by atoms with van der Waals surface area (Å²) in [6.07, 6.45) is 2.32. The first-order valence-electron chi connectivity index (χ1n) is 6.55. The number of para-hydroxylation sites is 1. The number of carbonyl (C=O) groups is 1. The minimum atomic E-state index is -0.755. The maximum Gasteiger partial charge on any atom is 0.308 e. The summed E-state index contributed by atoms with van der Waals surface area (Å²) in [5, 5.41) is 0.0825. The van der Waals surface area contributed by atoms with E-state index in [1.807, 2.05) is 0 Å². The van der Waals surface area contributed by atoms with E-state index in [0.29, 0.717) is 0 Å². The number of H-pyrrole nitrogens is 1. The number of aromatic nitrogens is 3. The zero-order chi connectivity index (χ0) is 16.6. The molecule has 0 spiro atoms. The molecule has 23 heavy (non-hydrogen) atoms. The number of pyridine rings is 1. The Kier molecular flexibility index (Phi) is 3.49. The predicted octanol–water partition coefficient (Wildman–Crippen LogP) is 1.14. The molecular formula is C15H10FN3O4. The van der Waals surface area contributed by atoms with Gasteiger partial charge in [-0.25, -0.2) is 9.37 Å². The topological polar surface area (TPSA) is 94.1 Å². The maximum atomic E-state index is 14.2. The van der Waals surface area contributed by atoms with Crippen LogP contribution in [0.15, 0.2) is 46.4 Å². The smallest absolute Gasteiger partial charge is 0.308 e. The van der Waals surface area contributed by atoms with Gasteiger partial charge in [-0.3, -0.25) is 19.0 Å². The van der Waals surface area contributed by atoms with Gasteiger partial charge in [0.15, 0.2) is 11.6 Å². The molecule has 0 amide bonds. The van der Waals surface area contributed by atoms with E-state index in [2.05, 4.69) is 9.97 Å². The fourth-order valence-corrected chi connectivity index (χ4v) is 2.21. The highest BCUT2D eigenvalue weighted by Gasteiger charge is 2.17. The maximum absolute atomic E-state index is 14.2. The molecule has 3 aromatic rings. The third kappa shape index (κ3) is 2.50. The summed E-state index contributed by atoms with van der Waals surface area (Å²) in [5.74, 6) is -1.51. The molecule has 0 unspecified atom stereocenters. The van der Waals surface area contributed by atoms with Gasteiger partial charge in [-0.15, -0.1) is 0 Å². The second-order valence-electron chi connectivity index (χ2n) is 4.67. The number of esters is 1. The number of nitrogens with one attached hydrogen (secondary N) is 1. The number of hydrogen-bond acceptors (Lipinski definition) is 5. The van der Waals surface area contributed by atoms with Crippen LogP contribution in [0.1, 0.15) is 6.92 Å². The van der Waals surface area contributed by atoms with Gasteiger partial charge < -0.3 is 9.72 Å². The van der Waals surface area contributed by atoms with Crippen molar-refractivity contribution in [2.24, 2.45) is 0 Å². The van der Waals surface area contributed by atoms with Crippen molar-refractivity contribution in [3.05, 3.63) is 63.3 Å². The van der Waals surface area contributed by atoms with Gasteiger partial charge in [0.05, 0.1) is 11.7 Å². The van der Waals surface area contributed by atoms with Crippen LogP contribution in [0.4, 0.5) is 4.39 Å². The zero-order valence-electron chi connectivity index (χ0n) is 11.9. The van der Waals surface area contributed by atoms with E-state index in [9.17, 15) is 18.8 Å². The number of benzene rings is 1. The molecule has 1 aromatic carbocycles. The third-order valence-corrected chi connectivity index (χ3v) is 3.15. The minimum absolute atomic E-state index is 0.0825. The highest BCUT2D eigenvalue weighted by molar-refractivity contribution is 5.77. The van der Waals surface area contributed by atoms with Crippen LogP contribution in [-0.4, -0.2) is 20.5 Å². The van der Waals surface area contributed by atoms with Crippen molar-refractivity contribution in [2.75, 3.05) is 0 Å². The summed E-state index contributed by atoms with van der Waals surface area (Å²) in [4.78, 5) is 41.5. The second-order valence-corrected chi connectivity index (χ2v) is 4.67. The van der Waals surface area contributed by atoms with Crippen molar-refractivity contribution in [3.8, 4) is 11.4 Å². The van der Waals surface area contributed by atoms with Gasteiger partial charge in [0, 0.05) is 13.1 Å². The lowest BCUT2D eigenvalue weighted by Gasteiger charge is -2.12. The van der Waals surface area contributed by atoms with E-state index in [4.69, 9.17) is 4.74 Å². The van der Waals surface area contributed by atoms with E-state index >= 15 is 0 Å². The minimum Gasteiger partial charge on any atom is -0.424 e. The molecule has 0 radical (unpaired) electrons. The van der Waals surface area contributed by atoms with Crippen molar-refractivity contribution < 1.29 is 13.9 Å². The number of nitrogens with zero attached hydrogens (tertiary/aromatic N) is 2. The molecule has 0 aliphatic rings. The largest absolute Gasteiger partial charge is 0.424 e. The molecule has 0 aliphatic heterocycles. The fourth-order valence-electron chi connectivity index (χ4n) is 2.21. The number of halogens is 1. The Bertz CT molecular complexity index is 1040.